The Morgan fingerprint density at radius 2 is 1.81 bits per heavy atom. The monoisotopic (exact) mass is 283 g/mol. The minimum Gasteiger partial charge on any atom is -0.497 e. The van der Waals surface area contributed by atoms with Crippen molar-refractivity contribution in [3.8, 4) is 11.5 Å². The van der Waals surface area contributed by atoms with Crippen LogP contribution in [0, 0.1) is 0 Å². The van der Waals surface area contributed by atoms with Crippen molar-refractivity contribution in [2.75, 3.05) is 7.11 Å². The maximum atomic E-state index is 8.92. The largest absolute Gasteiger partial charge is 0.497 e. The maximum absolute atomic E-state index is 8.92. The van der Waals surface area contributed by atoms with Gasteiger partial charge in [0.1, 0.15) is 18.1 Å². The highest BCUT2D eigenvalue weighted by Gasteiger charge is 2.18. The Bertz CT molecular complexity index is 662. The summed E-state index contributed by atoms with van der Waals surface area (Å²) in [5.74, 6) is 1.68. The highest BCUT2D eigenvalue weighted by molar-refractivity contribution is 6.04. The molecule has 108 valence electrons. The number of methoxy groups -OCH3 is 1. The second-order valence-electron chi connectivity index (χ2n) is 5.00. The molecule has 0 saturated heterocycles. The quantitative estimate of drug-likeness (QED) is 0.691. The van der Waals surface area contributed by atoms with Crippen LogP contribution < -0.4 is 9.47 Å². The van der Waals surface area contributed by atoms with Gasteiger partial charge in [0.25, 0.3) is 0 Å². The molecule has 4 nitrogen and oxygen atoms in total. The normalized spacial score (nSPS) is 15.0. The van der Waals surface area contributed by atoms with Gasteiger partial charge in [0.05, 0.1) is 12.8 Å². The van der Waals surface area contributed by atoms with Crippen LogP contribution in [-0.4, -0.2) is 18.0 Å². The van der Waals surface area contributed by atoms with Crippen molar-refractivity contribution in [1.82, 2.24) is 0 Å². The maximum Gasteiger partial charge on any atom is 0.120 e. The number of ether oxygens (including phenoxy) is 2. The molecule has 2 aromatic rings. The van der Waals surface area contributed by atoms with E-state index in [1.807, 2.05) is 42.5 Å². The van der Waals surface area contributed by atoms with E-state index in [0.717, 1.165) is 41.2 Å². The summed E-state index contributed by atoms with van der Waals surface area (Å²) in [6.45, 7) is 0.518. The molecule has 0 fully saturated rings. The summed E-state index contributed by atoms with van der Waals surface area (Å²) in [4.78, 5) is 0. The van der Waals surface area contributed by atoms with E-state index in [4.69, 9.17) is 14.7 Å². The highest BCUT2D eigenvalue weighted by Crippen LogP contribution is 2.27. The standard InChI is InChI=1S/C17H17NO3/c1-20-14-5-2-12(3-6-14)11-21-15-7-8-16-13(10-15)4-9-17(16)18-19/h2-3,5-8,10,19H,4,9,11H2,1H3/b18-17-. The number of oxime groups is 1. The molecule has 0 atom stereocenters. The summed E-state index contributed by atoms with van der Waals surface area (Å²) in [6, 6.07) is 13.7. The first-order chi connectivity index (χ1) is 10.3. The lowest BCUT2D eigenvalue weighted by molar-refractivity contribution is 0.305. The SMILES string of the molecule is COc1ccc(COc2ccc3c(c2)CC/C3=N/O)cc1. The minimum atomic E-state index is 0.518. The zero-order chi connectivity index (χ0) is 14.7. The molecule has 1 N–H and O–H groups in total. The molecule has 0 spiro atoms. The van der Waals surface area contributed by atoms with E-state index in [9.17, 15) is 0 Å². The van der Waals surface area contributed by atoms with Gasteiger partial charge in [-0.1, -0.05) is 17.3 Å². The third-order valence-corrected chi connectivity index (χ3v) is 3.70. The van der Waals surface area contributed by atoms with Crippen LogP contribution >= 0.6 is 0 Å². The lowest BCUT2D eigenvalue weighted by atomic mass is 10.1. The molecule has 2 aromatic carbocycles. The molecule has 0 unspecified atom stereocenters. The van der Waals surface area contributed by atoms with Crippen LogP contribution in [0.15, 0.2) is 47.6 Å². The average molecular weight is 283 g/mol. The first kappa shape index (κ1) is 13.5. The molecule has 21 heavy (non-hydrogen) atoms. The van der Waals surface area contributed by atoms with Crippen LogP contribution in [0.5, 0.6) is 11.5 Å². The van der Waals surface area contributed by atoms with Crippen LogP contribution in [0.3, 0.4) is 0 Å². The molecule has 0 bridgehead atoms. The zero-order valence-corrected chi connectivity index (χ0v) is 11.9. The van der Waals surface area contributed by atoms with Crippen LogP contribution in [0.25, 0.3) is 0 Å². The molecule has 0 amide bonds. The molecule has 4 heteroatoms. The Balaban J connectivity index is 1.68. The predicted octanol–water partition coefficient (Wildman–Crippen LogP) is 3.40. The Morgan fingerprint density at radius 1 is 1.05 bits per heavy atom. The van der Waals surface area contributed by atoms with Gasteiger partial charge < -0.3 is 14.7 Å². The summed E-state index contributed by atoms with van der Waals surface area (Å²) < 4.78 is 10.9. The van der Waals surface area contributed by atoms with Gasteiger partial charge in [0, 0.05) is 5.56 Å². The van der Waals surface area contributed by atoms with Crippen molar-refractivity contribution in [3.63, 3.8) is 0 Å². The van der Waals surface area contributed by atoms with E-state index in [1.165, 1.54) is 5.56 Å². The first-order valence-electron chi connectivity index (χ1n) is 6.90. The lowest BCUT2D eigenvalue weighted by Crippen LogP contribution is -1.97. The second kappa shape index (κ2) is 5.87. The van der Waals surface area contributed by atoms with Gasteiger partial charge in [-0.15, -0.1) is 0 Å². The van der Waals surface area contributed by atoms with Gasteiger partial charge in [-0.3, -0.25) is 0 Å². The fourth-order valence-corrected chi connectivity index (χ4v) is 2.53. The molecular formula is C17H17NO3. The van der Waals surface area contributed by atoms with Crippen LogP contribution in [0.1, 0.15) is 23.1 Å². The van der Waals surface area contributed by atoms with Crippen molar-refractivity contribution < 1.29 is 14.7 Å². The van der Waals surface area contributed by atoms with Gasteiger partial charge >= 0.3 is 0 Å². The number of benzene rings is 2. The van der Waals surface area contributed by atoms with Crippen molar-refractivity contribution in [2.45, 2.75) is 19.4 Å². The molecule has 0 aromatic heterocycles. The van der Waals surface area contributed by atoms with E-state index in [0.29, 0.717) is 6.61 Å². The highest BCUT2D eigenvalue weighted by atomic mass is 16.5. The molecule has 0 saturated carbocycles. The molecule has 0 heterocycles. The first-order valence-corrected chi connectivity index (χ1v) is 6.90. The third kappa shape index (κ3) is 2.84. The van der Waals surface area contributed by atoms with E-state index in [1.54, 1.807) is 7.11 Å². The Morgan fingerprint density at radius 3 is 2.52 bits per heavy atom. The Labute approximate surface area is 123 Å². The summed E-state index contributed by atoms with van der Waals surface area (Å²) in [7, 11) is 1.65. The van der Waals surface area contributed by atoms with Gasteiger partial charge in [-0.25, -0.2) is 0 Å². The molecule has 0 radical (unpaired) electrons. The smallest absolute Gasteiger partial charge is 0.120 e. The van der Waals surface area contributed by atoms with E-state index < -0.39 is 0 Å². The van der Waals surface area contributed by atoms with E-state index in [2.05, 4.69) is 5.16 Å². The van der Waals surface area contributed by atoms with Crippen molar-refractivity contribution in [3.05, 3.63) is 59.2 Å². The second-order valence-corrected chi connectivity index (χ2v) is 5.00. The Kier molecular flexibility index (Phi) is 3.77. The number of nitrogens with zero attached hydrogens (tertiary/aromatic N) is 1. The van der Waals surface area contributed by atoms with Gasteiger partial charge in [0.15, 0.2) is 0 Å². The molecule has 0 aliphatic heterocycles. The molecule has 1 aliphatic carbocycles. The molecule has 1 aliphatic rings. The van der Waals surface area contributed by atoms with Crippen LogP contribution in [0.4, 0.5) is 0 Å². The van der Waals surface area contributed by atoms with Gasteiger partial charge in [-0.05, 0) is 54.3 Å². The summed E-state index contributed by atoms with van der Waals surface area (Å²) in [5, 5.41) is 12.3. The Hall–Kier alpha value is -2.49. The fraction of sp³-hybridized carbons (Fsp3) is 0.235. The zero-order valence-electron chi connectivity index (χ0n) is 11.9. The van der Waals surface area contributed by atoms with E-state index >= 15 is 0 Å². The van der Waals surface area contributed by atoms with Crippen molar-refractivity contribution in [1.29, 1.82) is 0 Å². The fourth-order valence-electron chi connectivity index (χ4n) is 2.53. The number of hydrogen-bond donors (Lipinski definition) is 1. The minimum absolute atomic E-state index is 0.518. The summed E-state index contributed by atoms with van der Waals surface area (Å²) in [5.41, 5.74) is 4.05. The topological polar surface area (TPSA) is 51.0 Å². The predicted molar refractivity (Wildman–Crippen MR) is 80.4 cm³/mol. The van der Waals surface area contributed by atoms with Crippen molar-refractivity contribution in [2.24, 2.45) is 5.16 Å². The number of fused-ring (bicyclic) bond motifs is 1. The third-order valence-electron chi connectivity index (χ3n) is 3.70. The summed E-state index contributed by atoms with van der Waals surface area (Å²) >= 11 is 0. The van der Waals surface area contributed by atoms with Crippen LogP contribution in [-0.2, 0) is 13.0 Å². The van der Waals surface area contributed by atoms with Gasteiger partial charge in [0.2, 0.25) is 0 Å². The van der Waals surface area contributed by atoms with E-state index in [-0.39, 0.29) is 0 Å². The van der Waals surface area contributed by atoms with Gasteiger partial charge in [-0.2, -0.15) is 0 Å². The molecule has 3 rings (SSSR count). The number of rotatable bonds is 4. The average Bonchev–Trinajstić information content (AvgIpc) is 2.95. The number of aryl methyl sites for hydroxylation is 1. The lowest BCUT2D eigenvalue weighted by Gasteiger charge is -2.08. The number of hydrogen-bond acceptors (Lipinski definition) is 4. The van der Waals surface area contributed by atoms with Crippen molar-refractivity contribution >= 4 is 5.71 Å². The molecular weight excluding hydrogens is 266 g/mol. The van der Waals surface area contributed by atoms with Crippen LogP contribution in [0.2, 0.25) is 0 Å². The summed E-state index contributed by atoms with van der Waals surface area (Å²) in [6.07, 6.45) is 1.68.